The number of aliphatic hydroxyl groups is 1. The van der Waals surface area contributed by atoms with Gasteiger partial charge in [-0.3, -0.25) is 4.79 Å². The minimum Gasteiger partial charge on any atom is -0.395 e. The number of aliphatic hydroxyl groups excluding tert-OH is 1. The molecule has 5 nitrogen and oxygen atoms in total. The number of halogens is 1. The first kappa shape index (κ1) is 11.2. The van der Waals surface area contributed by atoms with E-state index in [1.807, 2.05) is 11.8 Å². The van der Waals surface area contributed by atoms with Crippen molar-refractivity contribution >= 4 is 21.7 Å². The molecule has 0 radical (unpaired) electrons. The number of aromatic nitrogens is 2. The smallest absolute Gasteiger partial charge is 0.267 e. The quantitative estimate of drug-likeness (QED) is 0.821. The molecule has 1 aromatic heterocycles. The maximum atomic E-state index is 11.2. The summed E-state index contributed by atoms with van der Waals surface area (Å²) in [7, 11) is 0. The number of rotatable bonds is 4. The SMILES string of the molecule is CCN(CCO)c1nc[nH]c(=O)c1Br. The number of hydrogen-bond donors (Lipinski definition) is 2. The van der Waals surface area contributed by atoms with Gasteiger partial charge in [0, 0.05) is 13.1 Å². The Morgan fingerprint density at radius 1 is 1.71 bits per heavy atom. The average molecular weight is 262 g/mol. The summed E-state index contributed by atoms with van der Waals surface area (Å²) in [6, 6.07) is 0. The summed E-state index contributed by atoms with van der Waals surface area (Å²) >= 11 is 3.16. The Hall–Kier alpha value is -0.880. The second-order valence-electron chi connectivity index (χ2n) is 2.67. The average Bonchev–Trinajstić information content (AvgIpc) is 2.19. The summed E-state index contributed by atoms with van der Waals surface area (Å²) in [5, 5.41) is 8.82. The first-order valence-corrected chi connectivity index (χ1v) is 5.09. The Kier molecular flexibility index (Phi) is 4.09. The van der Waals surface area contributed by atoms with Gasteiger partial charge in [-0.15, -0.1) is 0 Å². The summed E-state index contributed by atoms with van der Waals surface area (Å²) < 4.78 is 0.398. The molecule has 1 rings (SSSR count). The molecule has 0 aliphatic heterocycles. The Balaban J connectivity index is 3.03. The van der Waals surface area contributed by atoms with E-state index in [0.717, 1.165) is 0 Å². The molecule has 0 saturated heterocycles. The van der Waals surface area contributed by atoms with Crippen LogP contribution >= 0.6 is 15.9 Å². The maximum Gasteiger partial charge on any atom is 0.267 e. The van der Waals surface area contributed by atoms with Crippen LogP contribution < -0.4 is 10.5 Å². The highest BCUT2D eigenvalue weighted by molar-refractivity contribution is 9.10. The zero-order chi connectivity index (χ0) is 10.6. The first-order chi connectivity index (χ1) is 6.70. The molecule has 0 atom stereocenters. The zero-order valence-corrected chi connectivity index (χ0v) is 9.41. The number of likely N-dealkylation sites (N-methyl/N-ethyl adjacent to an activating group) is 1. The van der Waals surface area contributed by atoms with Crippen molar-refractivity contribution in [2.75, 3.05) is 24.6 Å². The molecule has 0 spiro atoms. The number of H-pyrrole nitrogens is 1. The van der Waals surface area contributed by atoms with Crippen molar-refractivity contribution in [1.29, 1.82) is 0 Å². The van der Waals surface area contributed by atoms with Crippen LogP contribution in [0.15, 0.2) is 15.6 Å². The van der Waals surface area contributed by atoms with Crippen molar-refractivity contribution in [2.45, 2.75) is 6.92 Å². The molecule has 14 heavy (non-hydrogen) atoms. The molecule has 0 amide bonds. The van der Waals surface area contributed by atoms with Crippen molar-refractivity contribution in [1.82, 2.24) is 9.97 Å². The third kappa shape index (κ3) is 2.33. The monoisotopic (exact) mass is 261 g/mol. The minimum absolute atomic E-state index is 0.0365. The molecule has 1 aromatic rings. The molecule has 0 aliphatic carbocycles. The fourth-order valence-electron chi connectivity index (χ4n) is 1.13. The van der Waals surface area contributed by atoms with Gasteiger partial charge >= 0.3 is 0 Å². The van der Waals surface area contributed by atoms with E-state index in [0.29, 0.717) is 23.4 Å². The fourth-order valence-corrected chi connectivity index (χ4v) is 1.60. The Labute approximate surface area is 89.9 Å². The van der Waals surface area contributed by atoms with Crippen LogP contribution in [-0.4, -0.2) is 34.8 Å². The molecule has 0 aromatic carbocycles. The highest BCUT2D eigenvalue weighted by Gasteiger charge is 2.11. The zero-order valence-electron chi connectivity index (χ0n) is 7.83. The van der Waals surface area contributed by atoms with Crippen LogP contribution in [0.2, 0.25) is 0 Å². The number of nitrogens with one attached hydrogen (secondary N) is 1. The van der Waals surface area contributed by atoms with E-state index in [2.05, 4.69) is 25.9 Å². The van der Waals surface area contributed by atoms with E-state index < -0.39 is 0 Å². The van der Waals surface area contributed by atoms with E-state index in [1.165, 1.54) is 6.33 Å². The molecule has 0 aliphatic rings. The Morgan fingerprint density at radius 2 is 2.43 bits per heavy atom. The van der Waals surface area contributed by atoms with E-state index in [9.17, 15) is 4.79 Å². The molecule has 78 valence electrons. The molecule has 1 heterocycles. The van der Waals surface area contributed by atoms with Gasteiger partial charge in [-0.25, -0.2) is 4.98 Å². The normalized spacial score (nSPS) is 10.2. The van der Waals surface area contributed by atoms with Gasteiger partial charge in [0.05, 0.1) is 12.9 Å². The molecule has 6 heteroatoms. The van der Waals surface area contributed by atoms with Crippen LogP contribution in [0.1, 0.15) is 6.92 Å². The largest absolute Gasteiger partial charge is 0.395 e. The van der Waals surface area contributed by atoms with Gasteiger partial charge in [-0.05, 0) is 22.9 Å². The van der Waals surface area contributed by atoms with Gasteiger partial charge < -0.3 is 15.0 Å². The summed E-state index contributed by atoms with van der Waals surface area (Å²) in [6.07, 6.45) is 1.35. The van der Waals surface area contributed by atoms with Crippen LogP contribution in [-0.2, 0) is 0 Å². The predicted molar refractivity (Wildman–Crippen MR) is 57.5 cm³/mol. The number of hydrogen-bond acceptors (Lipinski definition) is 4. The fraction of sp³-hybridized carbons (Fsp3) is 0.500. The molecular formula is C8H12BrN3O2. The van der Waals surface area contributed by atoms with E-state index in [1.54, 1.807) is 0 Å². The maximum absolute atomic E-state index is 11.2. The highest BCUT2D eigenvalue weighted by atomic mass is 79.9. The lowest BCUT2D eigenvalue weighted by molar-refractivity contribution is 0.302. The van der Waals surface area contributed by atoms with Crippen molar-refractivity contribution in [3.63, 3.8) is 0 Å². The van der Waals surface area contributed by atoms with Gasteiger partial charge in [0.25, 0.3) is 5.56 Å². The van der Waals surface area contributed by atoms with E-state index in [-0.39, 0.29) is 12.2 Å². The van der Waals surface area contributed by atoms with Crippen molar-refractivity contribution in [3.8, 4) is 0 Å². The lowest BCUT2D eigenvalue weighted by Gasteiger charge is -2.20. The minimum atomic E-state index is -0.216. The van der Waals surface area contributed by atoms with Gasteiger partial charge in [-0.1, -0.05) is 0 Å². The number of anilines is 1. The molecule has 0 saturated carbocycles. The summed E-state index contributed by atoms with van der Waals surface area (Å²) in [5.41, 5.74) is -0.216. The second-order valence-corrected chi connectivity index (χ2v) is 3.47. The van der Waals surface area contributed by atoms with Crippen LogP contribution in [0.3, 0.4) is 0 Å². The van der Waals surface area contributed by atoms with Gasteiger partial charge in [-0.2, -0.15) is 0 Å². The van der Waals surface area contributed by atoms with Crippen molar-refractivity contribution in [3.05, 3.63) is 21.2 Å². The highest BCUT2D eigenvalue weighted by Crippen LogP contribution is 2.17. The first-order valence-electron chi connectivity index (χ1n) is 4.29. The topological polar surface area (TPSA) is 69.2 Å². The van der Waals surface area contributed by atoms with Crippen LogP contribution in [0.5, 0.6) is 0 Å². The molecule has 0 fully saturated rings. The summed E-state index contributed by atoms with van der Waals surface area (Å²) in [5.74, 6) is 0.560. The molecule has 0 bridgehead atoms. The summed E-state index contributed by atoms with van der Waals surface area (Å²) in [6.45, 7) is 3.13. The van der Waals surface area contributed by atoms with Crippen LogP contribution in [0.25, 0.3) is 0 Å². The van der Waals surface area contributed by atoms with Gasteiger partial charge in [0.15, 0.2) is 0 Å². The summed E-state index contributed by atoms with van der Waals surface area (Å²) in [4.78, 5) is 19.6. The number of aromatic amines is 1. The Morgan fingerprint density at radius 3 is 3.00 bits per heavy atom. The van der Waals surface area contributed by atoms with Crippen LogP contribution in [0, 0.1) is 0 Å². The molecule has 2 N–H and O–H groups in total. The van der Waals surface area contributed by atoms with Crippen molar-refractivity contribution in [2.24, 2.45) is 0 Å². The van der Waals surface area contributed by atoms with Crippen molar-refractivity contribution < 1.29 is 5.11 Å². The van der Waals surface area contributed by atoms with Gasteiger partial charge in [0.2, 0.25) is 0 Å². The van der Waals surface area contributed by atoms with E-state index >= 15 is 0 Å². The third-order valence-corrected chi connectivity index (χ3v) is 2.54. The van der Waals surface area contributed by atoms with Gasteiger partial charge in [0.1, 0.15) is 10.3 Å². The lowest BCUT2D eigenvalue weighted by atomic mass is 10.4. The Bertz CT molecular complexity index is 353. The second kappa shape index (κ2) is 5.11. The van der Waals surface area contributed by atoms with E-state index in [4.69, 9.17) is 5.11 Å². The molecule has 0 unspecified atom stereocenters. The predicted octanol–water partition coefficient (Wildman–Crippen LogP) is 0.351. The lowest BCUT2D eigenvalue weighted by Crippen LogP contribution is -2.29. The molecular weight excluding hydrogens is 250 g/mol. The third-order valence-electron chi connectivity index (χ3n) is 1.83. The standard InChI is InChI=1S/C8H12BrN3O2/c1-2-12(3-4-13)7-6(9)8(14)11-5-10-7/h5,13H,2-4H2,1H3,(H,10,11,14). The number of nitrogens with zero attached hydrogens (tertiary/aromatic N) is 2. The van der Waals surface area contributed by atoms with Crippen LogP contribution in [0.4, 0.5) is 5.82 Å².